The number of non-ortho nitro benzene ring substituents is 1. The molecule has 0 aliphatic carbocycles. The molecule has 2 aromatic rings. The number of halogens is 1. The van der Waals surface area contributed by atoms with Crippen molar-refractivity contribution in [2.24, 2.45) is 16.0 Å². The number of nitrogens with zero attached hydrogens (tertiary/aromatic N) is 5. The van der Waals surface area contributed by atoms with Gasteiger partial charge in [-0.2, -0.15) is 15.1 Å². The highest BCUT2D eigenvalue weighted by Gasteiger charge is 2.35. The second-order valence-corrected chi connectivity index (χ2v) is 8.76. The van der Waals surface area contributed by atoms with Crippen LogP contribution in [0.15, 0.2) is 52.2 Å². The van der Waals surface area contributed by atoms with Gasteiger partial charge in [0.15, 0.2) is 5.84 Å². The van der Waals surface area contributed by atoms with Crippen LogP contribution in [0.5, 0.6) is 0 Å². The standard InChI is InChI=1S/C20H17ClN6O3S/c1-11(2)8-17-24-26-18(22)14(19(28)23-20(26)31-17)9-12-4-3-7-25(12)16-6-5-13(27(29)30)10-15(16)21/h3-7,9-11,22H,8H2,1-2H3/b14-9+,22-18?. The average molecular weight is 457 g/mol. The number of aliphatic imine (C=N–C) groups is 1. The number of nitro groups is 1. The van der Waals surface area contributed by atoms with E-state index >= 15 is 0 Å². The summed E-state index contributed by atoms with van der Waals surface area (Å²) in [4.78, 5) is 27.2. The van der Waals surface area contributed by atoms with E-state index < -0.39 is 10.8 Å². The number of rotatable bonds is 5. The zero-order chi connectivity index (χ0) is 22.3. The van der Waals surface area contributed by atoms with E-state index in [2.05, 4.69) is 23.9 Å². The fourth-order valence-electron chi connectivity index (χ4n) is 3.15. The van der Waals surface area contributed by atoms with Crippen molar-refractivity contribution in [3.05, 3.63) is 62.9 Å². The topological polar surface area (TPSA) is 117 Å². The monoisotopic (exact) mass is 456 g/mol. The van der Waals surface area contributed by atoms with Gasteiger partial charge in [0.1, 0.15) is 5.04 Å². The summed E-state index contributed by atoms with van der Waals surface area (Å²) in [6.45, 7) is 4.14. The van der Waals surface area contributed by atoms with Crippen LogP contribution in [0.4, 0.5) is 5.69 Å². The lowest BCUT2D eigenvalue weighted by molar-refractivity contribution is -0.384. The zero-order valence-corrected chi connectivity index (χ0v) is 18.1. The van der Waals surface area contributed by atoms with Crippen molar-refractivity contribution < 1.29 is 9.72 Å². The Balaban J connectivity index is 1.69. The number of carbonyl (C=O) groups excluding carboxylic acids is 1. The minimum Gasteiger partial charge on any atom is -0.316 e. The molecular formula is C20H17ClN6O3S. The summed E-state index contributed by atoms with van der Waals surface area (Å²) in [5, 5.41) is 26.7. The van der Waals surface area contributed by atoms with E-state index in [1.165, 1.54) is 35.0 Å². The van der Waals surface area contributed by atoms with Crippen LogP contribution in [0.2, 0.25) is 5.02 Å². The van der Waals surface area contributed by atoms with E-state index in [4.69, 9.17) is 17.0 Å². The summed E-state index contributed by atoms with van der Waals surface area (Å²) in [6.07, 6.45) is 4.00. The number of nitro benzene ring substituents is 1. The van der Waals surface area contributed by atoms with E-state index in [1.54, 1.807) is 29.0 Å². The molecular weight excluding hydrogens is 440 g/mol. The third-order valence-corrected chi connectivity index (χ3v) is 5.79. The predicted molar refractivity (Wildman–Crippen MR) is 122 cm³/mol. The summed E-state index contributed by atoms with van der Waals surface area (Å²) >= 11 is 7.57. The van der Waals surface area contributed by atoms with Crippen LogP contribution < -0.4 is 0 Å². The largest absolute Gasteiger partial charge is 0.316 e. The Labute approximate surface area is 186 Å². The van der Waals surface area contributed by atoms with Crippen molar-refractivity contribution >= 4 is 57.1 Å². The number of fused-ring (bicyclic) bond motifs is 1. The molecule has 158 valence electrons. The average Bonchev–Trinajstić information content (AvgIpc) is 3.31. The van der Waals surface area contributed by atoms with Gasteiger partial charge in [0.25, 0.3) is 11.6 Å². The SMILES string of the molecule is CC(C)CC1=NN2C(=N)/C(=C\c3cccn3-c3ccc([N+](=O)[O-])cc3Cl)C(=O)N=C2S1. The number of aromatic nitrogens is 1. The van der Waals surface area contributed by atoms with E-state index in [9.17, 15) is 14.9 Å². The number of hydrogen-bond acceptors (Lipinski definition) is 6. The number of hydrazone groups is 1. The van der Waals surface area contributed by atoms with E-state index in [1.807, 2.05) is 0 Å². The maximum Gasteiger partial charge on any atom is 0.283 e. The molecule has 1 aromatic carbocycles. The summed E-state index contributed by atoms with van der Waals surface area (Å²) in [7, 11) is 0. The molecule has 3 heterocycles. The molecule has 31 heavy (non-hydrogen) atoms. The zero-order valence-electron chi connectivity index (χ0n) is 16.6. The number of thioether (sulfide) groups is 1. The van der Waals surface area contributed by atoms with Gasteiger partial charge in [-0.15, -0.1) is 0 Å². The highest BCUT2D eigenvalue weighted by Crippen LogP contribution is 2.32. The van der Waals surface area contributed by atoms with Gasteiger partial charge in [-0.05, 0) is 42.0 Å². The van der Waals surface area contributed by atoms with Gasteiger partial charge in [0, 0.05) is 30.4 Å². The summed E-state index contributed by atoms with van der Waals surface area (Å²) in [6, 6.07) is 7.66. The van der Waals surface area contributed by atoms with Crippen molar-refractivity contribution in [2.45, 2.75) is 20.3 Å². The Morgan fingerprint density at radius 2 is 2.13 bits per heavy atom. The van der Waals surface area contributed by atoms with E-state index in [-0.39, 0.29) is 22.1 Å². The van der Waals surface area contributed by atoms with Gasteiger partial charge in [0.05, 0.1) is 21.2 Å². The van der Waals surface area contributed by atoms with Gasteiger partial charge in [-0.3, -0.25) is 20.3 Å². The van der Waals surface area contributed by atoms with Gasteiger partial charge in [-0.25, -0.2) is 0 Å². The quantitative estimate of drug-likeness (QED) is 0.397. The van der Waals surface area contributed by atoms with Crippen LogP contribution in [0.3, 0.4) is 0 Å². The minimum absolute atomic E-state index is 0.0520. The minimum atomic E-state index is -0.521. The molecule has 0 saturated heterocycles. The fraction of sp³-hybridized carbons (Fsp3) is 0.200. The molecule has 1 N–H and O–H groups in total. The van der Waals surface area contributed by atoms with Crippen molar-refractivity contribution in [1.29, 1.82) is 5.41 Å². The van der Waals surface area contributed by atoms with Gasteiger partial charge >= 0.3 is 0 Å². The Kier molecular flexibility index (Phi) is 5.50. The molecule has 0 bridgehead atoms. The Morgan fingerprint density at radius 3 is 2.81 bits per heavy atom. The molecule has 0 saturated carbocycles. The third kappa shape index (κ3) is 4.04. The molecule has 2 aliphatic rings. The lowest BCUT2D eigenvalue weighted by Gasteiger charge is -2.20. The van der Waals surface area contributed by atoms with Crippen molar-refractivity contribution in [1.82, 2.24) is 9.58 Å². The fourth-order valence-corrected chi connectivity index (χ4v) is 4.51. The first kappa shape index (κ1) is 21.0. The first-order chi connectivity index (χ1) is 14.7. The van der Waals surface area contributed by atoms with Crippen LogP contribution >= 0.6 is 23.4 Å². The predicted octanol–water partition coefficient (Wildman–Crippen LogP) is 4.70. The number of nitrogens with one attached hydrogen (secondary N) is 1. The molecule has 2 aliphatic heterocycles. The second kappa shape index (κ2) is 8.12. The molecule has 0 atom stereocenters. The summed E-state index contributed by atoms with van der Waals surface area (Å²) in [5.41, 5.74) is 1.06. The first-order valence-corrected chi connectivity index (χ1v) is 10.5. The number of benzene rings is 1. The number of carbonyl (C=O) groups is 1. The van der Waals surface area contributed by atoms with Crippen molar-refractivity contribution in [2.75, 3.05) is 0 Å². The normalized spacial score (nSPS) is 17.3. The molecule has 1 amide bonds. The Morgan fingerprint density at radius 1 is 1.35 bits per heavy atom. The first-order valence-electron chi connectivity index (χ1n) is 9.35. The molecule has 1 aromatic heterocycles. The smallest absolute Gasteiger partial charge is 0.283 e. The van der Waals surface area contributed by atoms with Crippen LogP contribution in [0.25, 0.3) is 11.8 Å². The van der Waals surface area contributed by atoms with Crippen LogP contribution in [0, 0.1) is 21.4 Å². The highest BCUT2D eigenvalue weighted by atomic mass is 35.5. The van der Waals surface area contributed by atoms with Gasteiger partial charge in [-0.1, -0.05) is 25.4 Å². The molecule has 0 fully saturated rings. The molecule has 9 nitrogen and oxygen atoms in total. The molecule has 11 heteroatoms. The van der Waals surface area contributed by atoms with Crippen molar-refractivity contribution in [3.63, 3.8) is 0 Å². The maximum atomic E-state index is 12.6. The molecule has 0 unspecified atom stereocenters. The van der Waals surface area contributed by atoms with Crippen molar-refractivity contribution in [3.8, 4) is 5.69 Å². The van der Waals surface area contributed by atoms with Gasteiger partial charge < -0.3 is 4.57 Å². The summed E-state index contributed by atoms with van der Waals surface area (Å²) in [5.74, 6) is -0.182. The van der Waals surface area contributed by atoms with Gasteiger partial charge in [0.2, 0.25) is 5.17 Å². The van der Waals surface area contributed by atoms with Crippen LogP contribution in [-0.4, -0.2) is 36.5 Å². The second-order valence-electron chi connectivity index (χ2n) is 7.31. The van der Waals surface area contributed by atoms with Crippen LogP contribution in [0.1, 0.15) is 26.0 Å². The highest BCUT2D eigenvalue weighted by molar-refractivity contribution is 8.26. The molecule has 0 radical (unpaired) electrons. The Bertz CT molecular complexity index is 1210. The lowest BCUT2D eigenvalue weighted by Crippen LogP contribution is -2.35. The number of amidine groups is 2. The molecule has 4 rings (SSSR count). The van der Waals surface area contributed by atoms with E-state index in [0.717, 1.165) is 11.5 Å². The summed E-state index contributed by atoms with van der Waals surface area (Å²) < 4.78 is 1.69. The number of hydrogen-bond donors (Lipinski definition) is 1. The maximum absolute atomic E-state index is 12.6. The lowest BCUT2D eigenvalue weighted by atomic mass is 10.1. The third-order valence-electron chi connectivity index (χ3n) is 4.55. The van der Waals surface area contributed by atoms with Crippen LogP contribution in [-0.2, 0) is 4.79 Å². The molecule has 0 spiro atoms. The van der Waals surface area contributed by atoms with E-state index in [0.29, 0.717) is 22.5 Å². The Hall–Kier alpha value is -3.24. The number of amides is 1.